The fraction of sp³-hybridized carbons (Fsp3) is 0.458. The molecule has 3 amide bonds. The second-order valence-electron chi connectivity index (χ2n) is 8.74. The van der Waals surface area contributed by atoms with E-state index in [4.69, 9.17) is 16.6 Å². The molecule has 0 aliphatic heterocycles. The van der Waals surface area contributed by atoms with Gasteiger partial charge in [-0.2, -0.15) is 0 Å². The Kier molecular flexibility index (Phi) is 11.0. The number of aromatic amines is 1. The summed E-state index contributed by atoms with van der Waals surface area (Å²) in [4.78, 5) is 63.8. The van der Waals surface area contributed by atoms with Crippen LogP contribution in [-0.2, 0) is 30.4 Å². The van der Waals surface area contributed by atoms with Crippen LogP contribution in [0.25, 0.3) is 10.9 Å². The van der Waals surface area contributed by atoms with Crippen LogP contribution in [0.1, 0.15) is 38.2 Å². The van der Waals surface area contributed by atoms with Gasteiger partial charge in [0.1, 0.15) is 18.1 Å². The number of carboxylic acids is 2. The second-order valence-corrected chi connectivity index (χ2v) is 8.74. The van der Waals surface area contributed by atoms with Crippen molar-refractivity contribution in [3.63, 3.8) is 0 Å². The molecule has 10 N–H and O–H groups in total. The van der Waals surface area contributed by atoms with E-state index in [9.17, 15) is 29.1 Å². The highest BCUT2D eigenvalue weighted by molar-refractivity contribution is 5.95. The zero-order valence-electron chi connectivity index (χ0n) is 20.5. The number of carbonyl (C=O) groups is 5. The van der Waals surface area contributed by atoms with Crippen molar-refractivity contribution in [3.8, 4) is 0 Å². The molecule has 4 atom stereocenters. The van der Waals surface area contributed by atoms with Crippen LogP contribution < -0.4 is 27.4 Å². The Morgan fingerprint density at radius 1 is 0.946 bits per heavy atom. The zero-order valence-corrected chi connectivity index (χ0v) is 20.5. The van der Waals surface area contributed by atoms with Crippen molar-refractivity contribution in [2.24, 2.45) is 11.5 Å². The number of amides is 3. The molecule has 202 valence electrons. The number of rotatable bonds is 15. The topological polar surface area (TPSA) is 230 Å². The Hall–Kier alpha value is -3.97. The third-order valence-electron chi connectivity index (χ3n) is 5.78. The van der Waals surface area contributed by atoms with Crippen LogP contribution in [0.2, 0.25) is 0 Å². The summed E-state index contributed by atoms with van der Waals surface area (Å²) in [6.45, 7) is 1.90. The summed E-state index contributed by atoms with van der Waals surface area (Å²) >= 11 is 0. The number of nitrogens with one attached hydrogen (secondary N) is 4. The number of hydrogen-bond donors (Lipinski definition) is 8. The van der Waals surface area contributed by atoms with Gasteiger partial charge in [-0.25, -0.2) is 4.79 Å². The molecule has 37 heavy (non-hydrogen) atoms. The van der Waals surface area contributed by atoms with E-state index < -0.39 is 60.2 Å². The number of unbranched alkanes of at least 4 members (excludes halogenated alkanes) is 1. The Morgan fingerprint density at radius 3 is 2.27 bits per heavy atom. The molecule has 0 radical (unpaired) electrons. The lowest BCUT2D eigenvalue weighted by molar-refractivity contribution is -0.147. The van der Waals surface area contributed by atoms with Gasteiger partial charge in [0, 0.05) is 23.5 Å². The van der Waals surface area contributed by atoms with Crippen LogP contribution in [0.15, 0.2) is 30.5 Å². The molecule has 4 unspecified atom stereocenters. The van der Waals surface area contributed by atoms with E-state index in [1.165, 1.54) is 6.92 Å². The smallest absolute Gasteiger partial charge is 0.326 e. The molecule has 1 heterocycles. The van der Waals surface area contributed by atoms with Gasteiger partial charge >= 0.3 is 11.9 Å². The Morgan fingerprint density at radius 2 is 1.62 bits per heavy atom. The number of hydrogen-bond acceptors (Lipinski definition) is 7. The Balaban J connectivity index is 2.17. The van der Waals surface area contributed by atoms with Gasteiger partial charge in [-0.15, -0.1) is 0 Å². The first kappa shape index (κ1) is 29.3. The van der Waals surface area contributed by atoms with Gasteiger partial charge < -0.3 is 42.6 Å². The van der Waals surface area contributed by atoms with Crippen molar-refractivity contribution in [1.82, 2.24) is 20.9 Å². The Labute approximate surface area is 213 Å². The van der Waals surface area contributed by atoms with Gasteiger partial charge in [0.15, 0.2) is 0 Å². The van der Waals surface area contributed by atoms with Crippen LogP contribution in [0.4, 0.5) is 0 Å². The quantitative estimate of drug-likeness (QED) is 0.138. The minimum absolute atomic E-state index is 0.0275. The SMILES string of the molecule is CC(NC(=O)C(N)CCCCN)C(=O)NC(Cc1c[nH]c2ccccc12)C(=O)NC(CC(=O)O)C(=O)O. The monoisotopic (exact) mass is 518 g/mol. The van der Waals surface area contributed by atoms with E-state index in [1.54, 1.807) is 12.3 Å². The average molecular weight is 519 g/mol. The molecule has 1 aromatic heterocycles. The van der Waals surface area contributed by atoms with E-state index >= 15 is 0 Å². The first-order chi connectivity index (χ1) is 17.5. The number of para-hydroxylation sites is 1. The minimum Gasteiger partial charge on any atom is -0.481 e. The maximum absolute atomic E-state index is 13.0. The molecule has 0 spiro atoms. The second kappa shape index (κ2) is 13.9. The van der Waals surface area contributed by atoms with E-state index in [0.717, 1.165) is 10.9 Å². The first-order valence-electron chi connectivity index (χ1n) is 11.9. The van der Waals surface area contributed by atoms with Crippen LogP contribution in [0.5, 0.6) is 0 Å². The molecular formula is C24H34N6O7. The molecule has 0 saturated carbocycles. The molecule has 1 aromatic carbocycles. The number of nitrogens with two attached hydrogens (primary N) is 2. The van der Waals surface area contributed by atoms with Gasteiger partial charge in [-0.1, -0.05) is 24.6 Å². The minimum atomic E-state index is -1.70. The van der Waals surface area contributed by atoms with Crippen molar-refractivity contribution < 1.29 is 34.2 Å². The summed E-state index contributed by atoms with van der Waals surface area (Å²) in [5, 5.41) is 26.3. The molecule has 0 aliphatic rings. The van der Waals surface area contributed by atoms with Gasteiger partial charge in [-0.3, -0.25) is 19.2 Å². The number of carbonyl (C=O) groups excluding carboxylic acids is 3. The maximum Gasteiger partial charge on any atom is 0.326 e. The Bertz CT molecular complexity index is 1120. The van der Waals surface area contributed by atoms with Gasteiger partial charge in [0.25, 0.3) is 0 Å². The molecule has 0 aliphatic carbocycles. The first-order valence-corrected chi connectivity index (χ1v) is 11.9. The predicted octanol–water partition coefficient (Wildman–Crippen LogP) is -0.800. The zero-order chi connectivity index (χ0) is 27.5. The molecule has 0 fully saturated rings. The van der Waals surface area contributed by atoms with E-state index in [-0.39, 0.29) is 6.42 Å². The summed E-state index contributed by atoms with van der Waals surface area (Å²) in [5.74, 6) is -5.07. The van der Waals surface area contributed by atoms with Crippen molar-refractivity contribution in [2.75, 3.05) is 6.54 Å². The lowest BCUT2D eigenvalue weighted by Gasteiger charge is -2.23. The van der Waals surface area contributed by atoms with E-state index in [0.29, 0.717) is 31.4 Å². The van der Waals surface area contributed by atoms with Gasteiger partial charge in [-0.05, 0) is 37.9 Å². The molecule has 2 aromatic rings. The number of benzene rings is 1. The standard InChI is InChI=1S/C24H34N6O7/c1-13(28-22(34)16(26)7-4-5-9-25)21(33)29-18(23(35)30-19(24(36)37)11-20(31)32)10-14-12-27-17-8-3-2-6-15(14)17/h2-3,6,8,12-13,16,18-19,27H,4-5,7,9-11,25-26H2,1H3,(H,28,34)(H,29,33)(H,30,35)(H,31,32)(H,36,37). The highest BCUT2D eigenvalue weighted by atomic mass is 16.4. The molecular weight excluding hydrogens is 484 g/mol. The normalized spacial score (nSPS) is 14.2. The summed E-state index contributed by atoms with van der Waals surface area (Å²) in [6.07, 6.45) is 2.54. The van der Waals surface area contributed by atoms with Crippen molar-refractivity contribution in [3.05, 3.63) is 36.0 Å². The highest BCUT2D eigenvalue weighted by Gasteiger charge is 2.30. The van der Waals surface area contributed by atoms with Crippen molar-refractivity contribution >= 4 is 40.6 Å². The number of aliphatic carboxylic acids is 2. The third-order valence-corrected chi connectivity index (χ3v) is 5.78. The summed E-state index contributed by atoms with van der Waals surface area (Å²) in [6, 6.07) is 2.42. The van der Waals surface area contributed by atoms with Crippen LogP contribution in [0.3, 0.4) is 0 Å². The summed E-state index contributed by atoms with van der Waals surface area (Å²) < 4.78 is 0. The fourth-order valence-electron chi connectivity index (χ4n) is 3.70. The summed E-state index contributed by atoms with van der Waals surface area (Å²) in [7, 11) is 0. The van der Waals surface area contributed by atoms with E-state index in [2.05, 4.69) is 20.9 Å². The molecule has 0 saturated heterocycles. The molecule has 13 nitrogen and oxygen atoms in total. The van der Waals surface area contributed by atoms with Crippen molar-refractivity contribution in [1.29, 1.82) is 0 Å². The lowest BCUT2D eigenvalue weighted by atomic mass is 10.0. The predicted molar refractivity (Wildman–Crippen MR) is 134 cm³/mol. The maximum atomic E-state index is 13.0. The highest BCUT2D eigenvalue weighted by Crippen LogP contribution is 2.19. The van der Waals surface area contributed by atoms with Crippen LogP contribution in [0, 0.1) is 0 Å². The number of carboxylic acid groups (broad SMARTS) is 2. The molecule has 13 heteroatoms. The molecule has 2 rings (SSSR count). The van der Waals surface area contributed by atoms with Gasteiger partial charge in [0.05, 0.1) is 12.5 Å². The van der Waals surface area contributed by atoms with Gasteiger partial charge in [0.2, 0.25) is 17.7 Å². The number of H-pyrrole nitrogens is 1. The average Bonchev–Trinajstić information content (AvgIpc) is 3.25. The molecule has 0 bridgehead atoms. The fourth-order valence-corrected chi connectivity index (χ4v) is 3.70. The van der Waals surface area contributed by atoms with Crippen LogP contribution >= 0.6 is 0 Å². The lowest BCUT2D eigenvalue weighted by Crippen LogP contribution is -2.57. The largest absolute Gasteiger partial charge is 0.481 e. The van der Waals surface area contributed by atoms with Crippen molar-refractivity contribution in [2.45, 2.75) is 63.2 Å². The van der Waals surface area contributed by atoms with Crippen LogP contribution in [-0.4, -0.2) is 75.6 Å². The van der Waals surface area contributed by atoms with E-state index in [1.807, 2.05) is 18.2 Å². The number of fused-ring (bicyclic) bond motifs is 1. The summed E-state index contributed by atoms with van der Waals surface area (Å²) in [5.41, 5.74) is 12.8. The number of aromatic nitrogens is 1. The third kappa shape index (κ3) is 8.88.